The molecule has 1 aliphatic rings. The molecule has 2 heterocycles. The molecule has 0 saturated heterocycles. The van der Waals surface area contributed by atoms with E-state index in [0.29, 0.717) is 0 Å². The minimum atomic E-state index is 0.906. The first kappa shape index (κ1) is 8.00. The Labute approximate surface area is 86.7 Å². The lowest BCUT2D eigenvalue weighted by Gasteiger charge is -2.04. The molecule has 1 aromatic carbocycles. The van der Waals surface area contributed by atoms with E-state index >= 15 is 0 Å². The van der Waals surface area contributed by atoms with Crippen molar-refractivity contribution in [3.8, 4) is 0 Å². The molecule has 70 valence electrons. The fourth-order valence-corrected chi connectivity index (χ4v) is 2.65. The molecule has 0 radical (unpaired) electrons. The van der Waals surface area contributed by atoms with Gasteiger partial charge in [0.15, 0.2) is 0 Å². The zero-order valence-electron chi connectivity index (χ0n) is 7.58. The number of hydrogen-bond donors (Lipinski definition) is 2. The van der Waals surface area contributed by atoms with Gasteiger partial charge in [-0.15, -0.1) is 0 Å². The van der Waals surface area contributed by atoms with E-state index in [9.17, 15) is 0 Å². The summed E-state index contributed by atoms with van der Waals surface area (Å²) < 4.78 is 0. The number of nitrogens with one attached hydrogen (secondary N) is 2. The fraction of sp³-hybridized carbons (Fsp3) is 0.0909. The molecule has 0 fully saturated rings. The number of hydrogen-bond acceptors (Lipinski definition) is 2. The standard InChI is InChI=1S/C11H10N2S/c1-2-4-10-9(3-1)13-6-8-5-12-7-11(8)14-10/h1-5,7,12-13H,6H2. The Kier molecular flexibility index (Phi) is 1.77. The highest BCUT2D eigenvalue weighted by atomic mass is 32.2. The van der Waals surface area contributed by atoms with Gasteiger partial charge < -0.3 is 10.3 Å². The molecule has 0 spiro atoms. The zero-order chi connectivity index (χ0) is 9.38. The van der Waals surface area contributed by atoms with E-state index in [0.717, 1.165) is 6.54 Å². The molecule has 14 heavy (non-hydrogen) atoms. The molecule has 1 aromatic heterocycles. The Hall–Kier alpha value is -1.35. The Morgan fingerprint density at radius 3 is 3.00 bits per heavy atom. The Morgan fingerprint density at radius 2 is 2.00 bits per heavy atom. The second kappa shape index (κ2) is 3.10. The number of aromatic amines is 1. The summed E-state index contributed by atoms with van der Waals surface area (Å²) in [6, 6.07) is 8.41. The first-order valence-electron chi connectivity index (χ1n) is 4.60. The van der Waals surface area contributed by atoms with Crippen molar-refractivity contribution in [3.63, 3.8) is 0 Å². The topological polar surface area (TPSA) is 27.8 Å². The maximum absolute atomic E-state index is 3.43. The first-order chi connectivity index (χ1) is 6.93. The minimum Gasteiger partial charge on any atom is -0.380 e. The summed E-state index contributed by atoms with van der Waals surface area (Å²) in [7, 11) is 0. The molecule has 0 saturated carbocycles. The number of fused-ring (bicyclic) bond motifs is 2. The van der Waals surface area contributed by atoms with Crippen LogP contribution >= 0.6 is 11.8 Å². The van der Waals surface area contributed by atoms with Crippen LogP contribution in [0.2, 0.25) is 0 Å². The first-order valence-corrected chi connectivity index (χ1v) is 5.41. The molecule has 0 bridgehead atoms. The SMILES string of the molecule is c1ccc2c(c1)NCc1c[nH]cc1S2. The Morgan fingerprint density at radius 1 is 1.07 bits per heavy atom. The van der Waals surface area contributed by atoms with Gasteiger partial charge in [0.05, 0.1) is 0 Å². The normalized spacial score (nSPS) is 13.7. The second-order valence-electron chi connectivity index (χ2n) is 3.30. The molecule has 2 N–H and O–H groups in total. The van der Waals surface area contributed by atoms with E-state index in [-0.39, 0.29) is 0 Å². The summed E-state index contributed by atoms with van der Waals surface area (Å²) in [5.74, 6) is 0. The van der Waals surface area contributed by atoms with Crippen molar-refractivity contribution in [2.75, 3.05) is 5.32 Å². The lowest BCUT2D eigenvalue weighted by molar-refractivity contribution is 1.12. The van der Waals surface area contributed by atoms with Crippen LogP contribution in [0.15, 0.2) is 46.5 Å². The highest BCUT2D eigenvalue weighted by Crippen LogP contribution is 2.38. The summed E-state index contributed by atoms with van der Waals surface area (Å²) in [5.41, 5.74) is 2.57. The van der Waals surface area contributed by atoms with Crippen LogP contribution in [0.4, 0.5) is 5.69 Å². The van der Waals surface area contributed by atoms with Crippen LogP contribution in [0.1, 0.15) is 5.56 Å². The number of rotatable bonds is 0. The summed E-state index contributed by atoms with van der Waals surface area (Å²) in [4.78, 5) is 5.76. The molecule has 2 nitrogen and oxygen atoms in total. The van der Waals surface area contributed by atoms with Gasteiger partial charge in [-0.05, 0) is 12.1 Å². The largest absolute Gasteiger partial charge is 0.380 e. The third-order valence-corrected chi connectivity index (χ3v) is 3.54. The lowest BCUT2D eigenvalue weighted by Crippen LogP contribution is -1.96. The van der Waals surface area contributed by atoms with Crippen LogP contribution < -0.4 is 5.32 Å². The highest BCUT2D eigenvalue weighted by molar-refractivity contribution is 7.99. The summed E-state index contributed by atoms with van der Waals surface area (Å²) in [6.07, 6.45) is 4.12. The quantitative estimate of drug-likeness (QED) is 0.687. The number of benzene rings is 1. The molecule has 1 aliphatic heterocycles. The predicted molar refractivity (Wildman–Crippen MR) is 58.7 cm³/mol. The van der Waals surface area contributed by atoms with Crippen molar-refractivity contribution in [3.05, 3.63) is 42.2 Å². The van der Waals surface area contributed by atoms with Crippen LogP contribution in [-0.4, -0.2) is 4.98 Å². The maximum Gasteiger partial charge on any atom is 0.0484 e. The van der Waals surface area contributed by atoms with Crippen LogP contribution in [0.25, 0.3) is 0 Å². The number of para-hydroxylation sites is 1. The summed E-state index contributed by atoms with van der Waals surface area (Å²) in [5, 5.41) is 3.43. The second-order valence-corrected chi connectivity index (χ2v) is 4.38. The van der Waals surface area contributed by atoms with Crippen LogP contribution in [0.5, 0.6) is 0 Å². The van der Waals surface area contributed by atoms with E-state index < -0.39 is 0 Å². The molecule has 0 amide bonds. The van der Waals surface area contributed by atoms with Gasteiger partial charge in [0.25, 0.3) is 0 Å². The van der Waals surface area contributed by atoms with E-state index in [1.54, 1.807) is 0 Å². The van der Waals surface area contributed by atoms with E-state index in [2.05, 4.69) is 47.0 Å². The zero-order valence-corrected chi connectivity index (χ0v) is 8.40. The van der Waals surface area contributed by atoms with E-state index in [1.807, 2.05) is 11.8 Å². The number of aromatic nitrogens is 1. The minimum absolute atomic E-state index is 0.906. The van der Waals surface area contributed by atoms with Gasteiger partial charge in [0, 0.05) is 40.0 Å². The van der Waals surface area contributed by atoms with Gasteiger partial charge in [-0.25, -0.2) is 0 Å². The average Bonchev–Trinajstić information content (AvgIpc) is 2.58. The number of anilines is 1. The van der Waals surface area contributed by atoms with Crippen molar-refractivity contribution < 1.29 is 0 Å². The number of H-pyrrole nitrogens is 1. The van der Waals surface area contributed by atoms with Gasteiger partial charge in [-0.2, -0.15) is 0 Å². The van der Waals surface area contributed by atoms with E-state index in [4.69, 9.17) is 0 Å². The van der Waals surface area contributed by atoms with Crippen molar-refractivity contribution in [2.24, 2.45) is 0 Å². The highest BCUT2D eigenvalue weighted by Gasteiger charge is 2.12. The van der Waals surface area contributed by atoms with Crippen LogP contribution in [-0.2, 0) is 6.54 Å². The molecule has 0 atom stereocenters. The van der Waals surface area contributed by atoms with Gasteiger partial charge in [-0.3, -0.25) is 0 Å². The van der Waals surface area contributed by atoms with Crippen LogP contribution in [0, 0.1) is 0 Å². The van der Waals surface area contributed by atoms with Crippen molar-refractivity contribution >= 4 is 17.4 Å². The third kappa shape index (κ3) is 1.21. The van der Waals surface area contributed by atoms with Gasteiger partial charge in [-0.1, -0.05) is 23.9 Å². The lowest BCUT2D eigenvalue weighted by atomic mass is 10.3. The van der Waals surface area contributed by atoms with Gasteiger partial charge >= 0.3 is 0 Å². The predicted octanol–water partition coefficient (Wildman–Crippen LogP) is 3.09. The van der Waals surface area contributed by atoms with Crippen LogP contribution in [0.3, 0.4) is 0 Å². The van der Waals surface area contributed by atoms with Crippen molar-refractivity contribution in [1.82, 2.24) is 4.98 Å². The average molecular weight is 202 g/mol. The molecular weight excluding hydrogens is 192 g/mol. The summed E-state index contributed by atoms with van der Waals surface area (Å²) in [6.45, 7) is 0.906. The van der Waals surface area contributed by atoms with Gasteiger partial charge in [0.2, 0.25) is 0 Å². The molecular formula is C11H10N2S. The molecule has 2 aromatic rings. The molecule has 0 aliphatic carbocycles. The monoisotopic (exact) mass is 202 g/mol. The van der Waals surface area contributed by atoms with Gasteiger partial charge in [0.1, 0.15) is 0 Å². The van der Waals surface area contributed by atoms with E-state index in [1.165, 1.54) is 21.0 Å². The maximum atomic E-state index is 3.43. The Bertz CT molecular complexity index is 462. The fourth-order valence-electron chi connectivity index (χ4n) is 1.63. The summed E-state index contributed by atoms with van der Waals surface area (Å²) >= 11 is 1.82. The smallest absolute Gasteiger partial charge is 0.0484 e. The van der Waals surface area contributed by atoms with Crippen molar-refractivity contribution in [1.29, 1.82) is 0 Å². The molecule has 3 rings (SSSR count). The third-order valence-electron chi connectivity index (χ3n) is 2.36. The molecule has 3 heteroatoms. The Balaban J connectivity index is 2.10. The molecule has 0 unspecified atom stereocenters. The van der Waals surface area contributed by atoms with Crippen molar-refractivity contribution in [2.45, 2.75) is 16.3 Å².